The van der Waals surface area contributed by atoms with Crippen LogP contribution in [-0.4, -0.2) is 29.0 Å². The van der Waals surface area contributed by atoms with Crippen LogP contribution in [0.15, 0.2) is 34.0 Å². The van der Waals surface area contributed by atoms with Crippen LogP contribution in [0.2, 0.25) is 0 Å². The number of rotatable bonds is 4. The minimum absolute atomic E-state index is 0.336. The maximum Gasteiger partial charge on any atom is 0.275 e. The summed E-state index contributed by atoms with van der Waals surface area (Å²) in [5, 5.41) is 8.04. The average molecular weight is 351 g/mol. The van der Waals surface area contributed by atoms with Crippen LogP contribution in [0.25, 0.3) is 0 Å². The van der Waals surface area contributed by atoms with Gasteiger partial charge in [-0.3, -0.25) is 9.48 Å². The third kappa shape index (κ3) is 3.49. The number of methoxy groups -OCH3 is 1. The highest BCUT2D eigenvalue weighted by atomic mass is 79.9. The third-order valence-electron chi connectivity index (χ3n) is 3.05. The molecule has 1 amide bonds. The van der Waals surface area contributed by atoms with E-state index in [1.54, 1.807) is 35.3 Å². The van der Waals surface area contributed by atoms with Gasteiger partial charge in [-0.1, -0.05) is 15.9 Å². The quantitative estimate of drug-likeness (QED) is 0.679. The van der Waals surface area contributed by atoms with E-state index in [4.69, 9.17) is 4.74 Å². The van der Waals surface area contributed by atoms with Crippen LogP contribution in [0.5, 0.6) is 5.75 Å². The lowest BCUT2D eigenvalue weighted by Crippen LogP contribution is -2.18. The highest BCUT2D eigenvalue weighted by molar-refractivity contribution is 9.10. The summed E-state index contributed by atoms with van der Waals surface area (Å²) < 4.78 is 7.75. The molecule has 110 valence electrons. The normalized spacial score (nSPS) is 10.9. The van der Waals surface area contributed by atoms with Gasteiger partial charge in [0.2, 0.25) is 0 Å². The number of benzene rings is 1. The van der Waals surface area contributed by atoms with Gasteiger partial charge in [-0.15, -0.1) is 0 Å². The second-order valence-electron chi connectivity index (χ2n) is 4.35. The van der Waals surface area contributed by atoms with Crippen molar-refractivity contribution in [3.8, 4) is 5.75 Å². The van der Waals surface area contributed by atoms with E-state index in [1.165, 1.54) is 7.11 Å². The standard InChI is InChI=1S/C14H15BrN4O2/c1-9-10(8-17-19(9)2)7-16-18-14(20)12-5-4-11(15)6-13(12)21-3/h4-8H,1-3H3,(H,18,20)/b16-7+. The lowest BCUT2D eigenvalue weighted by atomic mass is 10.2. The summed E-state index contributed by atoms with van der Waals surface area (Å²) in [4.78, 5) is 12.1. The number of amides is 1. The molecule has 0 atom stereocenters. The summed E-state index contributed by atoms with van der Waals surface area (Å²) in [6.45, 7) is 1.92. The molecule has 0 aliphatic rings. The highest BCUT2D eigenvalue weighted by Crippen LogP contribution is 2.23. The van der Waals surface area contributed by atoms with Gasteiger partial charge in [-0.2, -0.15) is 10.2 Å². The topological polar surface area (TPSA) is 68.5 Å². The summed E-state index contributed by atoms with van der Waals surface area (Å²) in [6, 6.07) is 5.17. The Kier molecular flexibility index (Phi) is 4.74. The molecule has 21 heavy (non-hydrogen) atoms. The number of hydrogen-bond donors (Lipinski definition) is 1. The fourth-order valence-electron chi connectivity index (χ4n) is 1.72. The smallest absolute Gasteiger partial charge is 0.275 e. The van der Waals surface area contributed by atoms with E-state index in [2.05, 4.69) is 31.6 Å². The molecule has 0 saturated carbocycles. The molecule has 0 aliphatic carbocycles. The number of nitrogens with zero attached hydrogens (tertiary/aromatic N) is 3. The summed E-state index contributed by atoms with van der Waals surface area (Å²) in [6.07, 6.45) is 3.25. The number of hydrazone groups is 1. The molecule has 6 nitrogen and oxygen atoms in total. The number of aromatic nitrogens is 2. The summed E-state index contributed by atoms with van der Waals surface area (Å²) in [7, 11) is 3.36. The number of carbonyl (C=O) groups excluding carboxylic acids is 1. The molecule has 1 aromatic heterocycles. The first-order valence-electron chi connectivity index (χ1n) is 6.18. The van der Waals surface area contributed by atoms with E-state index in [0.717, 1.165) is 15.7 Å². The van der Waals surface area contributed by atoms with Crippen molar-refractivity contribution in [2.45, 2.75) is 6.92 Å². The van der Waals surface area contributed by atoms with E-state index in [9.17, 15) is 4.79 Å². The molecule has 0 bridgehead atoms. The van der Waals surface area contributed by atoms with Gasteiger partial charge in [0.15, 0.2) is 0 Å². The van der Waals surface area contributed by atoms with Gasteiger partial charge in [-0.05, 0) is 25.1 Å². The molecule has 1 heterocycles. The fraction of sp³-hybridized carbons (Fsp3) is 0.214. The van der Waals surface area contributed by atoms with Crippen molar-refractivity contribution in [2.24, 2.45) is 12.1 Å². The Morgan fingerprint density at radius 3 is 2.90 bits per heavy atom. The van der Waals surface area contributed by atoms with Crippen molar-refractivity contribution in [1.29, 1.82) is 0 Å². The number of ether oxygens (including phenoxy) is 1. The first-order valence-corrected chi connectivity index (χ1v) is 6.97. The average Bonchev–Trinajstić information content (AvgIpc) is 2.79. The molecule has 2 aromatic rings. The number of hydrogen-bond acceptors (Lipinski definition) is 4. The van der Waals surface area contributed by atoms with Crippen molar-refractivity contribution < 1.29 is 9.53 Å². The number of carbonyl (C=O) groups is 1. The molecule has 0 radical (unpaired) electrons. The second kappa shape index (κ2) is 6.53. The number of halogens is 1. The van der Waals surface area contributed by atoms with Gasteiger partial charge < -0.3 is 4.74 Å². The van der Waals surface area contributed by atoms with Crippen LogP contribution in [-0.2, 0) is 7.05 Å². The van der Waals surface area contributed by atoms with Crippen molar-refractivity contribution >= 4 is 28.1 Å². The van der Waals surface area contributed by atoms with Gasteiger partial charge in [0.05, 0.1) is 25.1 Å². The minimum atomic E-state index is -0.336. The highest BCUT2D eigenvalue weighted by Gasteiger charge is 2.11. The van der Waals surface area contributed by atoms with Crippen molar-refractivity contribution in [1.82, 2.24) is 15.2 Å². The Morgan fingerprint density at radius 2 is 2.29 bits per heavy atom. The van der Waals surface area contributed by atoms with Gasteiger partial charge in [-0.25, -0.2) is 5.43 Å². The molecular weight excluding hydrogens is 336 g/mol. The van der Waals surface area contributed by atoms with E-state index >= 15 is 0 Å². The third-order valence-corrected chi connectivity index (χ3v) is 3.54. The van der Waals surface area contributed by atoms with Gasteiger partial charge >= 0.3 is 0 Å². The Hall–Kier alpha value is -2.15. The number of nitrogens with one attached hydrogen (secondary N) is 1. The molecule has 0 spiro atoms. The van der Waals surface area contributed by atoms with Crippen LogP contribution in [0.3, 0.4) is 0 Å². The van der Waals surface area contributed by atoms with E-state index in [1.807, 2.05) is 14.0 Å². The molecule has 7 heteroatoms. The minimum Gasteiger partial charge on any atom is -0.496 e. The molecule has 0 fully saturated rings. The van der Waals surface area contributed by atoms with E-state index in [-0.39, 0.29) is 5.91 Å². The molecular formula is C14H15BrN4O2. The lowest BCUT2D eigenvalue weighted by Gasteiger charge is -2.07. The molecule has 1 N–H and O–H groups in total. The predicted octanol–water partition coefficient (Wildman–Crippen LogP) is 2.26. The first kappa shape index (κ1) is 15.2. The Balaban J connectivity index is 2.10. The van der Waals surface area contributed by atoms with Crippen LogP contribution in [0.4, 0.5) is 0 Å². The van der Waals surface area contributed by atoms with E-state index < -0.39 is 0 Å². The molecule has 2 rings (SSSR count). The lowest BCUT2D eigenvalue weighted by molar-refractivity contribution is 0.0952. The van der Waals surface area contributed by atoms with Crippen LogP contribution >= 0.6 is 15.9 Å². The van der Waals surface area contributed by atoms with Crippen molar-refractivity contribution in [3.63, 3.8) is 0 Å². The molecule has 0 unspecified atom stereocenters. The maximum atomic E-state index is 12.1. The SMILES string of the molecule is COc1cc(Br)ccc1C(=O)N/N=C/c1cnn(C)c1C. The summed E-state index contributed by atoms with van der Waals surface area (Å²) >= 11 is 3.33. The predicted molar refractivity (Wildman–Crippen MR) is 83.7 cm³/mol. The second-order valence-corrected chi connectivity index (χ2v) is 5.27. The van der Waals surface area contributed by atoms with Gasteiger partial charge in [0, 0.05) is 22.8 Å². The van der Waals surface area contributed by atoms with Gasteiger partial charge in [0.1, 0.15) is 5.75 Å². The zero-order valence-electron chi connectivity index (χ0n) is 11.9. The van der Waals surface area contributed by atoms with Crippen molar-refractivity contribution in [3.05, 3.63) is 45.7 Å². The zero-order chi connectivity index (χ0) is 15.4. The van der Waals surface area contributed by atoms with Crippen LogP contribution in [0, 0.1) is 6.92 Å². The van der Waals surface area contributed by atoms with Crippen LogP contribution < -0.4 is 10.2 Å². The summed E-state index contributed by atoms with van der Waals surface area (Å²) in [5.74, 6) is 0.145. The molecule has 0 aliphatic heterocycles. The maximum absolute atomic E-state index is 12.1. The van der Waals surface area contributed by atoms with Gasteiger partial charge in [0.25, 0.3) is 5.91 Å². The van der Waals surface area contributed by atoms with E-state index in [0.29, 0.717) is 11.3 Å². The Morgan fingerprint density at radius 1 is 1.52 bits per heavy atom. The zero-order valence-corrected chi connectivity index (χ0v) is 13.5. The fourth-order valence-corrected chi connectivity index (χ4v) is 2.06. The molecule has 1 aromatic carbocycles. The number of aryl methyl sites for hydroxylation is 1. The summed E-state index contributed by atoms with van der Waals surface area (Å²) in [5.41, 5.74) is 4.71. The Bertz CT molecular complexity index is 694. The largest absolute Gasteiger partial charge is 0.496 e. The van der Waals surface area contributed by atoms with Crippen molar-refractivity contribution in [2.75, 3.05) is 7.11 Å². The Labute approximate surface area is 130 Å². The van der Waals surface area contributed by atoms with Crippen LogP contribution in [0.1, 0.15) is 21.6 Å². The monoisotopic (exact) mass is 350 g/mol. The molecule has 0 saturated heterocycles. The first-order chi connectivity index (χ1) is 10.0.